The molecule has 20 heavy (non-hydrogen) atoms. The highest BCUT2D eigenvalue weighted by molar-refractivity contribution is 9.10. The summed E-state index contributed by atoms with van der Waals surface area (Å²) in [6, 6.07) is 11.6. The second-order valence-electron chi connectivity index (χ2n) is 5.09. The van der Waals surface area contributed by atoms with E-state index >= 15 is 0 Å². The molecule has 2 nitrogen and oxygen atoms in total. The van der Waals surface area contributed by atoms with Crippen molar-refractivity contribution in [1.29, 1.82) is 0 Å². The number of aldehydes is 1. The van der Waals surface area contributed by atoms with Gasteiger partial charge in [-0.3, -0.25) is 4.79 Å². The second-order valence-corrected chi connectivity index (χ2v) is 5.94. The van der Waals surface area contributed by atoms with Gasteiger partial charge in [0.2, 0.25) is 0 Å². The molecule has 0 saturated heterocycles. The van der Waals surface area contributed by atoms with Crippen LogP contribution in [0.2, 0.25) is 0 Å². The van der Waals surface area contributed by atoms with Gasteiger partial charge in [-0.15, -0.1) is 0 Å². The summed E-state index contributed by atoms with van der Waals surface area (Å²) >= 11 is 3.43. The molecule has 0 aromatic heterocycles. The smallest absolute Gasteiger partial charge is 0.150 e. The van der Waals surface area contributed by atoms with Crippen molar-refractivity contribution in [2.45, 2.75) is 26.7 Å². The molecule has 0 fully saturated rings. The SMILES string of the molecule is Cc1ccc(C(C)C)cc1Oc1ccc(C=O)cc1Br. The van der Waals surface area contributed by atoms with Gasteiger partial charge in [-0.1, -0.05) is 26.0 Å². The van der Waals surface area contributed by atoms with Gasteiger partial charge in [0.15, 0.2) is 0 Å². The van der Waals surface area contributed by atoms with Crippen molar-refractivity contribution in [1.82, 2.24) is 0 Å². The number of ether oxygens (including phenoxy) is 1. The summed E-state index contributed by atoms with van der Waals surface area (Å²) in [6.45, 7) is 6.33. The summed E-state index contributed by atoms with van der Waals surface area (Å²) in [4.78, 5) is 10.7. The number of halogens is 1. The van der Waals surface area contributed by atoms with Crippen LogP contribution in [0.5, 0.6) is 11.5 Å². The Balaban J connectivity index is 2.34. The fraction of sp³-hybridized carbons (Fsp3) is 0.235. The average Bonchev–Trinajstić information content (AvgIpc) is 2.42. The van der Waals surface area contributed by atoms with Gasteiger partial charge in [-0.05, 0) is 64.2 Å². The number of hydrogen-bond donors (Lipinski definition) is 0. The van der Waals surface area contributed by atoms with Gasteiger partial charge >= 0.3 is 0 Å². The van der Waals surface area contributed by atoms with Crippen LogP contribution in [-0.2, 0) is 0 Å². The predicted molar refractivity (Wildman–Crippen MR) is 84.9 cm³/mol. The van der Waals surface area contributed by atoms with Gasteiger partial charge in [0, 0.05) is 5.56 Å². The Bertz CT molecular complexity index is 633. The van der Waals surface area contributed by atoms with Crippen molar-refractivity contribution in [3.63, 3.8) is 0 Å². The Morgan fingerprint density at radius 1 is 1.10 bits per heavy atom. The van der Waals surface area contributed by atoms with Crippen LogP contribution in [0.1, 0.15) is 41.3 Å². The maximum Gasteiger partial charge on any atom is 0.150 e. The first kappa shape index (κ1) is 14.8. The van der Waals surface area contributed by atoms with Gasteiger partial charge in [-0.2, -0.15) is 0 Å². The molecule has 2 aromatic rings. The van der Waals surface area contributed by atoms with Gasteiger partial charge in [0.25, 0.3) is 0 Å². The zero-order valence-corrected chi connectivity index (χ0v) is 13.4. The number of aryl methyl sites for hydroxylation is 1. The largest absolute Gasteiger partial charge is 0.456 e. The third kappa shape index (κ3) is 3.28. The summed E-state index contributed by atoms with van der Waals surface area (Å²) in [6.07, 6.45) is 0.819. The lowest BCUT2D eigenvalue weighted by Crippen LogP contribution is -1.93. The predicted octanol–water partition coefficient (Wildman–Crippen LogP) is 5.49. The highest BCUT2D eigenvalue weighted by atomic mass is 79.9. The summed E-state index contributed by atoms with van der Waals surface area (Å²) in [5, 5.41) is 0. The highest BCUT2D eigenvalue weighted by Crippen LogP contribution is 2.33. The van der Waals surface area contributed by atoms with E-state index in [4.69, 9.17) is 4.74 Å². The van der Waals surface area contributed by atoms with E-state index in [9.17, 15) is 4.79 Å². The molecule has 0 bridgehead atoms. The van der Waals surface area contributed by atoms with E-state index in [2.05, 4.69) is 48.0 Å². The highest BCUT2D eigenvalue weighted by Gasteiger charge is 2.08. The minimum atomic E-state index is 0.457. The van der Waals surface area contributed by atoms with E-state index in [1.54, 1.807) is 18.2 Å². The maximum absolute atomic E-state index is 10.7. The zero-order chi connectivity index (χ0) is 14.7. The van der Waals surface area contributed by atoms with Crippen LogP contribution in [0, 0.1) is 6.92 Å². The van der Waals surface area contributed by atoms with Crippen molar-refractivity contribution < 1.29 is 9.53 Å². The maximum atomic E-state index is 10.7. The molecular weight excluding hydrogens is 316 g/mol. The molecule has 3 heteroatoms. The van der Waals surface area contributed by atoms with Crippen LogP contribution in [0.15, 0.2) is 40.9 Å². The summed E-state index contributed by atoms with van der Waals surface area (Å²) in [5.74, 6) is 2.01. The molecule has 0 N–H and O–H groups in total. The Labute approximate surface area is 127 Å². The van der Waals surface area contributed by atoms with E-state index in [1.165, 1.54) is 5.56 Å². The molecule has 0 amide bonds. The van der Waals surface area contributed by atoms with Crippen LogP contribution in [0.25, 0.3) is 0 Å². The molecule has 0 unspecified atom stereocenters. The fourth-order valence-electron chi connectivity index (χ4n) is 1.88. The minimum Gasteiger partial charge on any atom is -0.456 e. The molecule has 0 aliphatic carbocycles. The van der Waals surface area contributed by atoms with Crippen LogP contribution in [-0.4, -0.2) is 6.29 Å². The lowest BCUT2D eigenvalue weighted by Gasteiger charge is -2.13. The fourth-order valence-corrected chi connectivity index (χ4v) is 2.35. The molecule has 104 valence electrons. The number of carbonyl (C=O) groups excluding carboxylic acids is 1. The van der Waals surface area contributed by atoms with Gasteiger partial charge in [-0.25, -0.2) is 0 Å². The Morgan fingerprint density at radius 2 is 1.85 bits per heavy atom. The lowest BCUT2D eigenvalue weighted by atomic mass is 10.0. The van der Waals surface area contributed by atoms with Crippen LogP contribution >= 0.6 is 15.9 Å². The number of rotatable bonds is 4. The third-order valence-corrected chi connectivity index (χ3v) is 3.81. The third-order valence-electron chi connectivity index (χ3n) is 3.19. The van der Waals surface area contributed by atoms with Crippen LogP contribution < -0.4 is 4.74 Å². The van der Waals surface area contributed by atoms with E-state index < -0.39 is 0 Å². The summed E-state index contributed by atoms with van der Waals surface area (Å²) in [7, 11) is 0. The molecular formula is C17H17BrO2. The molecule has 0 heterocycles. The summed E-state index contributed by atoms with van der Waals surface area (Å²) < 4.78 is 6.74. The van der Waals surface area contributed by atoms with E-state index in [0.717, 1.165) is 22.1 Å². The minimum absolute atomic E-state index is 0.457. The molecule has 0 spiro atoms. The summed E-state index contributed by atoms with van der Waals surface area (Å²) in [5.41, 5.74) is 2.95. The quantitative estimate of drug-likeness (QED) is 0.692. The average molecular weight is 333 g/mol. The normalized spacial score (nSPS) is 10.7. The van der Waals surface area contributed by atoms with Crippen LogP contribution in [0.3, 0.4) is 0 Å². The Kier molecular flexibility index (Phi) is 4.61. The van der Waals surface area contributed by atoms with E-state index in [0.29, 0.717) is 17.2 Å². The Hall–Kier alpha value is -1.61. The van der Waals surface area contributed by atoms with Gasteiger partial charge in [0.1, 0.15) is 17.8 Å². The first-order valence-electron chi connectivity index (χ1n) is 6.54. The Morgan fingerprint density at radius 3 is 2.45 bits per heavy atom. The molecule has 0 atom stereocenters. The number of carbonyl (C=O) groups is 1. The topological polar surface area (TPSA) is 26.3 Å². The lowest BCUT2D eigenvalue weighted by molar-refractivity contribution is 0.112. The van der Waals surface area contributed by atoms with Crippen LogP contribution in [0.4, 0.5) is 0 Å². The van der Waals surface area contributed by atoms with Crippen molar-refractivity contribution in [3.8, 4) is 11.5 Å². The number of hydrogen-bond acceptors (Lipinski definition) is 2. The molecule has 2 aromatic carbocycles. The zero-order valence-electron chi connectivity index (χ0n) is 11.8. The van der Waals surface area contributed by atoms with E-state index in [1.807, 2.05) is 6.92 Å². The van der Waals surface area contributed by atoms with Crippen molar-refractivity contribution in [3.05, 3.63) is 57.6 Å². The molecule has 0 radical (unpaired) electrons. The monoisotopic (exact) mass is 332 g/mol. The van der Waals surface area contributed by atoms with Crippen molar-refractivity contribution in [2.75, 3.05) is 0 Å². The second kappa shape index (κ2) is 6.23. The molecule has 0 aliphatic heterocycles. The standard InChI is InChI=1S/C17H17BrO2/c1-11(2)14-6-4-12(3)17(9-14)20-16-7-5-13(10-19)8-15(16)18/h4-11H,1-3H3. The number of benzene rings is 2. The van der Waals surface area contributed by atoms with Crippen molar-refractivity contribution >= 4 is 22.2 Å². The van der Waals surface area contributed by atoms with E-state index in [-0.39, 0.29) is 0 Å². The first-order chi connectivity index (χ1) is 9.51. The molecule has 0 aliphatic rings. The van der Waals surface area contributed by atoms with Gasteiger partial charge in [0.05, 0.1) is 4.47 Å². The first-order valence-corrected chi connectivity index (χ1v) is 7.33. The van der Waals surface area contributed by atoms with Crippen molar-refractivity contribution in [2.24, 2.45) is 0 Å². The molecule has 0 saturated carbocycles. The van der Waals surface area contributed by atoms with Gasteiger partial charge < -0.3 is 4.74 Å². The molecule has 2 rings (SSSR count).